The molecule has 0 atom stereocenters. The fourth-order valence-electron chi connectivity index (χ4n) is 2.91. The Morgan fingerprint density at radius 2 is 2.05 bits per heavy atom. The molecule has 0 saturated heterocycles. The van der Waals surface area contributed by atoms with Crippen LogP contribution in [0.3, 0.4) is 0 Å². The SMILES string of the molecule is Cc1c(-c2ccc3c(c2)CCN3C(C)C)cnn1C. The van der Waals surface area contributed by atoms with Gasteiger partial charge in [0.2, 0.25) is 0 Å². The Kier molecular flexibility index (Phi) is 2.85. The highest BCUT2D eigenvalue weighted by atomic mass is 15.3. The smallest absolute Gasteiger partial charge is 0.0571 e. The fourth-order valence-corrected chi connectivity index (χ4v) is 2.91. The van der Waals surface area contributed by atoms with Crippen LogP contribution in [0.2, 0.25) is 0 Å². The quantitative estimate of drug-likeness (QED) is 0.822. The van der Waals surface area contributed by atoms with E-state index in [9.17, 15) is 0 Å². The third-order valence-electron chi connectivity index (χ3n) is 4.18. The number of aryl methyl sites for hydroxylation is 1. The average Bonchev–Trinajstić information content (AvgIpc) is 2.94. The van der Waals surface area contributed by atoms with E-state index in [0.29, 0.717) is 6.04 Å². The van der Waals surface area contributed by atoms with Crippen LogP contribution in [0.1, 0.15) is 25.1 Å². The standard InChI is InChI=1S/C16H21N3/c1-11(2)19-8-7-14-9-13(5-6-16(14)19)15-10-17-18(4)12(15)3/h5-6,9-11H,7-8H2,1-4H3. The van der Waals surface area contributed by atoms with Crippen LogP contribution in [0.4, 0.5) is 5.69 Å². The molecule has 0 radical (unpaired) electrons. The summed E-state index contributed by atoms with van der Waals surface area (Å²) in [5, 5.41) is 4.34. The molecule has 100 valence electrons. The summed E-state index contributed by atoms with van der Waals surface area (Å²) < 4.78 is 1.93. The van der Waals surface area contributed by atoms with Gasteiger partial charge in [-0.25, -0.2) is 0 Å². The van der Waals surface area contributed by atoms with Crippen molar-refractivity contribution in [1.29, 1.82) is 0 Å². The zero-order chi connectivity index (χ0) is 13.6. The summed E-state index contributed by atoms with van der Waals surface area (Å²) in [6.07, 6.45) is 3.12. The van der Waals surface area contributed by atoms with Gasteiger partial charge in [-0.05, 0) is 50.5 Å². The lowest BCUT2D eigenvalue weighted by Gasteiger charge is -2.24. The first-order chi connectivity index (χ1) is 9.08. The Morgan fingerprint density at radius 1 is 1.26 bits per heavy atom. The third-order valence-corrected chi connectivity index (χ3v) is 4.18. The maximum atomic E-state index is 4.34. The highest BCUT2D eigenvalue weighted by Crippen LogP contribution is 2.34. The second kappa shape index (κ2) is 4.41. The summed E-state index contributed by atoms with van der Waals surface area (Å²) in [7, 11) is 1.99. The van der Waals surface area contributed by atoms with Gasteiger partial charge in [-0.1, -0.05) is 6.07 Å². The number of benzene rings is 1. The Balaban J connectivity index is 2.02. The molecule has 0 bridgehead atoms. The maximum Gasteiger partial charge on any atom is 0.0571 e. The van der Waals surface area contributed by atoms with Crippen molar-refractivity contribution in [3.63, 3.8) is 0 Å². The van der Waals surface area contributed by atoms with E-state index in [1.165, 1.54) is 28.1 Å². The van der Waals surface area contributed by atoms with Crippen LogP contribution in [0, 0.1) is 6.92 Å². The van der Waals surface area contributed by atoms with Gasteiger partial charge in [0.1, 0.15) is 0 Å². The number of fused-ring (bicyclic) bond motifs is 1. The molecule has 0 aliphatic carbocycles. The molecular weight excluding hydrogens is 234 g/mol. The van der Waals surface area contributed by atoms with Crippen LogP contribution < -0.4 is 4.90 Å². The molecule has 1 aromatic heterocycles. The Labute approximate surface area is 114 Å². The lowest BCUT2D eigenvalue weighted by Crippen LogP contribution is -2.28. The van der Waals surface area contributed by atoms with E-state index < -0.39 is 0 Å². The van der Waals surface area contributed by atoms with Gasteiger partial charge in [0, 0.05) is 36.6 Å². The summed E-state index contributed by atoms with van der Waals surface area (Å²) in [6.45, 7) is 7.78. The molecule has 0 spiro atoms. The summed E-state index contributed by atoms with van der Waals surface area (Å²) in [4.78, 5) is 2.48. The van der Waals surface area contributed by atoms with Crippen molar-refractivity contribution < 1.29 is 0 Å². The van der Waals surface area contributed by atoms with Crippen molar-refractivity contribution >= 4 is 5.69 Å². The Bertz CT molecular complexity index is 610. The summed E-state index contributed by atoms with van der Waals surface area (Å²) in [6, 6.07) is 7.40. The minimum Gasteiger partial charge on any atom is -0.369 e. The number of rotatable bonds is 2. The van der Waals surface area contributed by atoms with Gasteiger partial charge in [-0.3, -0.25) is 4.68 Å². The van der Waals surface area contributed by atoms with E-state index in [1.54, 1.807) is 0 Å². The van der Waals surface area contributed by atoms with Gasteiger partial charge in [0.25, 0.3) is 0 Å². The predicted molar refractivity (Wildman–Crippen MR) is 79.6 cm³/mol. The maximum absolute atomic E-state index is 4.34. The molecule has 1 aliphatic heterocycles. The molecule has 0 fully saturated rings. The van der Waals surface area contributed by atoms with Crippen LogP contribution in [0.15, 0.2) is 24.4 Å². The number of hydrogen-bond donors (Lipinski definition) is 0. The molecule has 1 aromatic carbocycles. The minimum atomic E-state index is 0.576. The normalized spacial score (nSPS) is 14.3. The Hall–Kier alpha value is -1.77. The molecule has 2 aromatic rings. The van der Waals surface area contributed by atoms with Gasteiger partial charge >= 0.3 is 0 Å². The van der Waals surface area contributed by atoms with E-state index in [4.69, 9.17) is 0 Å². The summed E-state index contributed by atoms with van der Waals surface area (Å²) in [5.74, 6) is 0. The highest BCUT2D eigenvalue weighted by Gasteiger charge is 2.21. The van der Waals surface area contributed by atoms with Gasteiger partial charge < -0.3 is 4.90 Å². The van der Waals surface area contributed by atoms with Gasteiger partial charge in [0.05, 0.1) is 6.20 Å². The molecular formula is C16H21N3. The lowest BCUT2D eigenvalue weighted by atomic mass is 10.0. The number of anilines is 1. The highest BCUT2D eigenvalue weighted by molar-refractivity contribution is 5.71. The molecule has 3 rings (SSSR count). The zero-order valence-electron chi connectivity index (χ0n) is 12.1. The van der Waals surface area contributed by atoms with Crippen molar-refractivity contribution in [2.75, 3.05) is 11.4 Å². The van der Waals surface area contributed by atoms with Gasteiger partial charge in [0.15, 0.2) is 0 Å². The van der Waals surface area contributed by atoms with Crippen LogP contribution in [-0.4, -0.2) is 22.4 Å². The van der Waals surface area contributed by atoms with Crippen molar-refractivity contribution in [2.24, 2.45) is 7.05 Å². The van der Waals surface area contributed by atoms with Crippen molar-refractivity contribution in [3.8, 4) is 11.1 Å². The van der Waals surface area contributed by atoms with Crippen LogP contribution in [0.25, 0.3) is 11.1 Å². The molecule has 0 N–H and O–H groups in total. The van der Waals surface area contributed by atoms with E-state index in [1.807, 2.05) is 17.9 Å². The average molecular weight is 255 g/mol. The van der Waals surface area contributed by atoms with Crippen LogP contribution >= 0.6 is 0 Å². The van der Waals surface area contributed by atoms with E-state index in [2.05, 4.69) is 49.0 Å². The van der Waals surface area contributed by atoms with E-state index >= 15 is 0 Å². The van der Waals surface area contributed by atoms with Crippen LogP contribution in [-0.2, 0) is 13.5 Å². The topological polar surface area (TPSA) is 21.1 Å². The molecule has 2 heterocycles. The van der Waals surface area contributed by atoms with Crippen molar-refractivity contribution in [2.45, 2.75) is 33.2 Å². The first kappa shape index (κ1) is 12.3. The Morgan fingerprint density at radius 3 is 2.68 bits per heavy atom. The third kappa shape index (κ3) is 1.93. The summed E-state index contributed by atoms with van der Waals surface area (Å²) >= 11 is 0. The van der Waals surface area contributed by atoms with Gasteiger partial charge in [-0.2, -0.15) is 5.10 Å². The monoisotopic (exact) mass is 255 g/mol. The van der Waals surface area contributed by atoms with Crippen LogP contribution in [0.5, 0.6) is 0 Å². The number of nitrogens with zero attached hydrogens (tertiary/aromatic N) is 3. The second-order valence-electron chi connectivity index (χ2n) is 5.65. The van der Waals surface area contributed by atoms with E-state index in [0.717, 1.165) is 13.0 Å². The molecule has 19 heavy (non-hydrogen) atoms. The molecule has 0 saturated carbocycles. The first-order valence-corrected chi connectivity index (χ1v) is 6.96. The molecule has 3 heteroatoms. The molecule has 0 amide bonds. The molecule has 0 unspecified atom stereocenters. The number of hydrogen-bond acceptors (Lipinski definition) is 2. The first-order valence-electron chi connectivity index (χ1n) is 6.96. The summed E-state index contributed by atoms with van der Waals surface area (Å²) in [5.41, 5.74) is 6.62. The van der Waals surface area contributed by atoms with Gasteiger partial charge in [-0.15, -0.1) is 0 Å². The van der Waals surface area contributed by atoms with Crippen molar-refractivity contribution in [1.82, 2.24) is 9.78 Å². The molecule has 1 aliphatic rings. The van der Waals surface area contributed by atoms with Crippen molar-refractivity contribution in [3.05, 3.63) is 35.7 Å². The molecule has 3 nitrogen and oxygen atoms in total. The fraction of sp³-hybridized carbons (Fsp3) is 0.438. The minimum absolute atomic E-state index is 0.576. The predicted octanol–water partition coefficient (Wildman–Crippen LogP) is 3.17. The zero-order valence-corrected chi connectivity index (χ0v) is 12.1. The largest absolute Gasteiger partial charge is 0.369 e. The lowest BCUT2D eigenvalue weighted by molar-refractivity contribution is 0.710. The number of aromatic nitrogens is 2. The second-order valence-corrected chi connectivity index (χ2v) is 5.65. The van der Waals surface area contributed by atoms with E-state index in [-0.39, 0.29) is 0 Å².